The van der Waals surface area contributed by atoms with E-state index >= 15 is 0 Å². The van der Waals surface area contributed by atoms with Gasteiger partial charge in [-0.1, -0.05) is 49.7 Å². The molecule has 2 heteroatoms. The Morgan fingerprint density at radius 1 is 1.00 bits per heavy atom. The largest absolute Gasteiger partial charge is 0.491 e. The molecule has 2 N–H and O–H groups in total. The summed E-state index contributed by atoms with van der Waals surface area (Å²) in [6.45, 7) is 6.25. The number of nitrogens with two attached hydrogens (primary N) is 1. The van der Waals surface area contributed by atoms with E-state index in [1.54, 1.807) is 0 Å². The van der Waals surface area contributed by atoms with Crippen LogP contribution in [0.2, 0.25) is 0 Å². The molecule has 0 bridgehead atoms. The molecule has 2 nitrogen and oxygen atoms in total. The SMILES string of the molecule is CCCc1ccc(C(N)c2cccc(OC(C)C)c2)cc1. The summed E-state index contributed by atoms with van der Waals surface area (Å²) in [7, 11) is 0. The first-order valence-electron chi connectivity index (χ1n) is 7.71. The van der Waals surface area contributed by atoms with Crippen molar-refractivity contribution in [2.45, 2.75) is 45.8 Å². The molecule has 112 valence electrons. The molecule has 0 spiro atoms. The molecule has 21 heavy (non-hydrogen) atoms. The minimum atomic E-state index is -0.114. The van der Waals surface area contributed by atoms with Crippen molar-refractivity contribution in [3.63, 3.8) is 0 Å². The van der Waals surface area contributed by atoms with Gasteiger partial charge in [-0.3, -0.25) is 0 Å². The van der Waals surface area contributed by atoms with Gasteiger partial charge >= 0.3 is 0 Å². The van der Waals surface area contributed by atoms with E-state index in [4.69, 9.17) is 10.5 Å². The van der Waals surface area contributed by atoms with E-state index in [2.05, 4.69) is 37.3 Å². The van der Waals surface area contributed by atoms with Crippen LogP contribution in [-0.4, -0.2) is 6.10 Å². The maximum atomic E-state index is 6.38. The number of rotatable bonds is 6. The van der Waals surface area contributed by atoms with Crippen LogP contribution in [0.3, 0.4) is 0 Å². The van der Waals surface area contributed by atoms with Crippen molar-refractivity contribution >= 4 is 0 Å². The molecular weight excluding hydrogens is 258 g/mol. The molecule has 0 heterocycles. The average molecular weight is 283 g/mol. The first-order chi connectivity index (χ1) is 10.1. The zero-order chi connectivity index (χ0) is 15.2. The van der Waals surface area contributed by atoms with Gasteiger partial charge < -0.3 is 10.5 Å². The second kappa shape index (κ2) is 7.28. The quantitative estimate of drug-likeness (QED) is 0.848. The van der Waals surface area contributed by atoms with Gasteiger partial charge in [-0.05, 0) is 49.1 Å². The van der Waals surface area contributed by atoms with Crippen molar-refractivity contribution < 1.29 is 4.74 Å². The van der Waals surface area contributed by atoms with Gasteiger partial charge in [-0.15, -0.1) is 0 Å². The van der Waals surface area contributed by atoms with Crippen molar-refractivity contribution in [1.29, 1.82) is 0 Å². The monoisotopic (exact) mass is 283 g/mol. The van der Waals surface area contributed by atoms with Crippen LogP contribution in [0.1, 0.15) is 49.9 Å². The summed E-state index contributed by atoms with van der Waals surface area (Å²) in [5.74, 6) is 0.876. The summed E-state index contributed by atoms with van der Waals surface area (Å²) in [6, 6.07) is 16.6. The zero-order valence-electron chi connectivity index (χ0n) is 13.2. The van der Waals surface area contributed by atoms with E-state index in [0.717, 1.165) is 23.3 Å². The minimum Gasteiger partial charge on any atom is -0.491 e. The summed E-state index contributed by atoms with van der Waals surface area (Å²) >= 11 is 0. The van der Waals surface area contributed by atoms with Crippen LogP contribution in [0.15, 0.2) is 48.5 Å². The van der Waals surface area contributed by atoms with Gasteiger partial charge in [0.1, 0.15) is 5.75 Å². The Labute approximate surface area is 127 Å². The lowest BCUT2D eigenvalue weighted by atomic mass is 9.97. The van der Waals surface area contributed by atoms with Crippen LogP contribution in [0.4, 0.5) is 0 Å². The van der Waals surface area contributed by atoms with E-state index in [1.165, 1.54) is 12.0 Å². The number of ether oxygens (including phenoxy) is 1. The molecule has 0 aliphatic rings. The molecule has 0 saturated carbocycles. The van der Waals surface area contributed by atoms with Crippen molar-refractivity contribution in [1.82, 2.24) is 0 Å². The lowest BCUT2D eigenvalue weighted by Gasteiger charge is -2.16. The van der Waals surface area contributed by atoms with Crippen LogP contribution in [0.25, 0.3) is 0 Å². The number of hydrogen-bond acceptors (Lipinski definition) is 2. The van der Waals surface area contributed by atoms with E-state index in [1.807, 2.05) is 32.0 Å². The van der Waals surface area contributed by atoms with Crippen LogP contribution in [0, 0.1) is 0 Å². The zero-order valence-corrected chi connectivity index (χ0v) is 13.2. The molecule has 2 aromatic rings. The fraction of sp³-hybridized carbons (Fsp3) is 0.368. The summed E-state index contributed by atoms with van der Waals surface area (Å²) in [4.78, 5) is 0. The third-order valence-electron chi connectivity index (χ3n) is 3.47. The van der Waals surface area contributed by atoms with Gasteiger partial charge in [-0.25, -0.2) is 0 Å². The smallest absolute Gasteiger partial charge is 0.120 e. The van der Waals surface area contributed by atoms with E-state index in [-0.39, 0.29) is 12.1 Å². The van der Waals surface area contributed by atoms with E-state index < -0.39 is 0 Å². The number of hydrogen-bond donors (Lipinski definition) is 1. The molecular formula is C19H25NO. The minimum absolute atomic E-state index is 0.114. The van der Waals surface area contributed by atoms with Gasteiger partial charge in [0.2, 0.25) is 0 Å². The first kappa shape index (κ1) is 15.6. The van der Waals surface area contributed by atoms with Gasteiger partial charge in [0, 0.05) is 0 Å². The molecule has 0 fully saturated rings. The summed E-state index contributed by atoms with van der Waals surface area (Å²) in [5.41, 5.74) is 9.97. The maximum Gasteiger partial charge on any atom is 0.120 e. The van der Waals surface area contributed by atoms with Gasteiger partial charge in [0.25, 0.3) is 0 Å². The molecule has 1 unspecified atom stereocenters. The summed E-state index contributed by atoms with van der Waals surface area (Å²) < 4.78 is 5.74. The van der Waals surface area contributed by atoms with Crippen LogP contribution >= 0.6 is 0 Å². The van der Waals surface area contributed by atoms with Crippen molar-refractivity contribution in [2.24, 2.45) is 5.73 Å². The topological polar surface area (TPSA) is 35.2 Å². The molecule has 0 amide bonds. The van der Waals surface area contributed by atoms with Gasteiger partial charge in [-0.2, -0.15) is 0 Å². The van der Waals surface area contributed by atoms with Crippen molar-refractivity contribution in [3.05, 3.63) is 65.2 Å². The molecule has 0 radical (unpaired) electrons. The Kier molecular flexibility index (Phi) is 5.40. The first-order valence-corrected chi connectivity index (χ1v) is 7.71. The normalized spacial score (nSPS) is 12.4. The molecule has 0 saturated heterocycles. The van der Waals surface area contributed by atoms with Crippen molar-refractivity contribution in [2.75, 3.05) is 0 Å². The molecule has 2 aromatic carbocycles. The highest BCUT2D eigenvalue weighted by atomic mass is 16.5. The lowest BCUT2D eigenvalue weighted by Crippen LogP contribution is -2.12. The van der Waals surface area contributed by atoms with Gasteiger partial charge in [0.15, 0.2) is 0 Å². The van der Waals surface area contributed by atoms with Crippen LogP contribution in [0.5, 0.6) is 5.75 Å². The van der Waals surface area contributed by atoms with Gasteiger partial charge in [0.05, 0.1) is 12.1 Å². The Morgan fingerprint density at radius 3 is 2.33 bits per heavy atom. The highest BCUT2D eigenvalue weighted by Crippen LogP contribution is 2.24. The standard InChI is InChI=1S/C19H25NO/c1-4-6-15-9-11-16(12-10-15)19(20)17-7-5-8-18(13-17)21-14(2)3/h5,7-14,19H,4,6,20H2,1-3H3. The summed E-state index contributed by atoms with van der Waals surface area (Å²) in [6.07, 6.45) is 2.46. The molecule has 0 aromatic heterocycles. The highest BCUT2D eigenvalue weighted by Gasteiger charge is 2.10. The fourth-order valence-corrected chi connectivity index (χ4v) is 2.43. The predicted molar refractivity (Wildman–Crippen MR) is 88.7 cm³/mol. The number of benzene rings is 2. The Morgan fingerprint density at radius 2 is 1.71 bits per heavy atom. The van der Waals surface area contributed by atoms with Crippen molar-refractivity contribution in [3.8, 4) is 5.75 Å². The Bertz CT molecular complexity index is 560. The third kappa shape index (κ3) is 4.33. The molecule has 2 rings (SSSR count). The maximum absolute atomic E-state index is 6.38. The third-order valence-corrected chi connectivity index (χ3v) is 3.47. The second-order valence-electron chi connectivity index (χ2n) is 5.71. The van der Waals surface area contributed by atoms with E-state index in [9.17, 15) is 0 Å². The molecule has 0 aliphatic heterocycles. The predicted octanol–water partition coefficient (Wildman–Crippen LogP) is 4.47. The van der Waals surface area contributed by atoms with E-state index in [0.29, 0.717) is 0 Å². The molecule has 1 atom stereocenters. The Hall–Kier alpha value is -1.80. The molecule has 0 aliphatic carbocycles. The highest BCUT2D eigenvalue weighted by molar-refractivity contribution is 5.37. The lowest BCUT2D eigenvalue weighted by molar-refractivity contribution is 0.242. The average Bonchev–Trinajstić information content (AvgIpc) is 2.47. The fourth-order valence-electron chi connectivity index (χ4n) is 2.43. The summed E-state index contributed by atoms with van der Waals surface area (Å²) in [5, 5.41) is 0. The Balaban J connectivity index is 2.16. The second-order valence-corrected chi connectivity index (χ2v) is 5.71. The van der Waals surface area contributed by atoms with Crippen LogP contribution in [-0.2, 0) is 6.42 Å². The number of aryl methyl sites for hydroxylation is 1. The van der Waals surface area contributed by atoms with Crippen LogP contribution < -0.4 is 10.5 Å².